The topological polar surface area (TPSA) is 112 Å². The summed E-state index contributed by atoms with van der Waals surface area (Å²) in [5, 5.41) is 12.3. The Balaban J connectivity index is 1.30. The van der Waals surface area contributed by atoms with E-state index in [1.54, 1.807) is 46.2 Å². The van der Waals surface area contributed by atoms with Crippen LogP contribution in [0.4, 0.5) is 0 Å². The fourth-order valence-corrected chi connectivity index (χ4v) is 5.30. The number of rotatable bonds is 4. The number of nitriles is 1. The fraction of sp³-hybridized carbons (Fsp3) is 0.312. The van der Waals surface area contributed by atoms with E-state index < -0.39 is 5.92 Å². The Labute approximate surface area is 239 Å². The van der Waals surface area contributed by atoms with E-state index in [2.05, 4.69) is 11.4 Å². The van der Waals surface area contributed by atoms with Crippen LogP contribution < -0.4 is 14.8 Å². The number of amides is 3. The highest BCUT2D eigenvalue weighted by molar-refractivity contribution is 5.94. The van der Waals surface area contributed by atoms with E-state index in [1.165, 1.54) is 0 Å². The number of fused-ring (bicyclic) bond motifs is 4. The Bertz CT molecular complexity index is 1440. The molecule has 2 aliphatic rings. The van der Waals surface area contributed by atoms with Gasteiger partial charge in [-0.1, -0.05) is 36.4 Å². The lowest BCUT2D eigenvalue weighted by Gasteiger charge is -2.25. The van der Waals surface area contributed by atoms with Gasteiger partial charge in [0.2, 0.25) is 5.91 Å². The van der Waals surface area contributed by atoms with Crippen LogP contribution in [0.25, 0.3) is 0 Å². The van der Waals surface area contributed by atoms with Gasteiger partial charge in [-0.05, 0) is 54.4 Å². The molecule has 2 atom stereocenters. The second-order valence-corrected chi connectivity index (χ2v) is 10.2. The molecule has 1 saturated heterocycles. The molecule has 0 aromatic heterocycles. The lowest BCUT2D eigenvalue weighted by atomic mass is 9.88. The van der Waals surface area contributed by atoms with Crippen molar-refractivity contribution in [1.82, 2.24) is 15.1 Å². The van der Waals surface area contributed by atoms with Crippen LogP contribution in [-0.2, 0) is 9.59 Å². The average Bonchev–Trinajstić information content (AvgIpc) is 3.47. The van der Waals surface area contributed by atoms with Gasteiger partial charge in [0.15, 0.2) is 6.61 Å². The van der Waals surface area contributed by atoms with Crippen LogP contribution in [0.15, 0.2) is 78.9 Å². The van der Waals surface area contributed by atoms with Crippen molar-refractivity contribution in [2.45, 2.75) is 12.3 Å². The first kappa shape index (κ1) is 27.7. The van der Waals surface area contributed by atoms with Gasteiger partial charge in [0, 0.05) is 37.7 Å². The number of benzene rings is 3. The molecule has 0 saturated carbocycles. The quantitative estimate of drug-likeness (QED) is 0.532. The smallest absolute Gasteiger partial charge is 0.260 e. The van der Waals surface area contributed by atoms with Crippen LogP contribution in [0.3, 0.4) is 0 Å². The third-order valence-electron chi connectivity index (χ3n) is 7.46. The zero-order valence-electron chi connectivity index (χ0n) is 22.7. The third-order valence-corrected chi connectivity index (χ3v) is 7.46. The molecule has 1 N–H and O–H groups in total. The number of nitrogens with one attached hydrogen (secondary N) is 1. The van der Waals surface area contributed by atoms with Crippen molar-refractivity contribution in [3.05, 3.63) is 95.6 Å². The molecule has 3 aromatic carbocycles. The highest BCUT2D eigenvalue weighted by Gasteiger charge is 2.40. The average molecular weight is 553 g/mol. The molecule has 41 heavy (non-hydrogen) atoms. The molecule has 0 unspecified atom stereocenters. The number of ether oxygens (including phenoxy) is 2. The minimum Gasteiger partial charge on any atom is -0.492 e. The molecule has 0 aliphatic carbocycles. The van der Waals surface area contributed by atoms with Crippen molar-refractivity contribution in [2.75, 3.05) is 45.9 Å². The van der Waals surface area contributed by atoms with Crippen molar-refractivity contribution >= 4 is 17.7 Å². The number of likely N-dealkylation sites (tertiary alicyclic amines) is 1. The molecule has 2 heterocycles. The largest absolute Gasteiger partial charge is 0.492 e. The minimum atomic E-state index is -0.430. The molecule has 210 valence electrons. The summed E-state index contributed by atoms with van der Waals surface area (Å²) in [5.74, 6) is 0.140. The summed E-state index contributed by atoms with van der Waals surface area (Å²) in [4.78, 5) is 43.1. The molecule has 9 heteroatoms. The van der Waals surface area contributed by atoms with Gasteiger partial charge in [-0.3, -0.25) is 14.4 Å². The molecule has 0 spiro atoms. The van der Waals surface area contributed by atoms with Gasteiger partial charge in [-0.2, -0.15) is 5.26 Å². The summed E-state index contributed by atoms with van der Waals surface area (Å²) in [7, 11) is 0. The van der Waals surface area contributed by atoms with Crippen molar-refractivity contribution in [2.24, 2.45) is 5.92 Å². The molecule has 1 fully saturated rings. The lowest BCUT2D eigenvalue weighted by molar-refractivity contribution is -0.132. The number of hydrogen-bond donors (Lipinski definition) is 1. The molecule has 2 bridgehead atoms. The molecule has 0 radical (unpaired) electrons. The Hall–Kier alpha value is -4.84. The second kappa shape index (κ2) is 13.0. The summed E-state index contributed by atoms with van der Waals surface area (Å²) >= 11 is 0. The van der Waals surface area contributed by atoms with E-state index in [0.29, 0.717) is 61.8 Å². The van der Waals surface area contributed by atoms with Crippen LogP contribution in [0.5, 0.6) is 11.5 Å². The zero-order chi connectivity index (χ0) is 28.6. The predicted molar refractivity (Wildman–Crippen MR) is 151 cm³/mol. The number of hydrogen-bond acceptors (Lipinski definition) is 6. The van der Waals surface area contributed by atoms with Gasteiger partial charge in [-0.15, -0.1) is 0 Å². The van der Waals surface area contributed by atoms with E-state index in [9.17, 15) is 19.6 Å². The highest BCUT2D eigenvalue weighted by Crippen LogP contribution is 2.34. The molecular weight excluding hydrogens is 520 g/mol. The third kappa shape index (κ3) is 6.84. The molecule has 9 nitrogen and oxygen atoms in total. The summed E-state index contributed by atoms with van der Waals surface area (Å²) in [5.41, 5.74) is 1.77. The van der Waals surface area contributed by atoms with Crippen LogP contribution in [0, 0.1) is 17.2 Å². The van der Waals surface area contributed by atoms with Crippen LogP contribution in [0.2, 0.25) is 0 Å². The van der Waals surface area contributed by atoms with Gasteiger partial charge in [0.1, 0.15) is 18.1 Å². The van der Waals surface area contributed by atoms with Gasteiger partial charge in [0.05, 0.1) is 24.1 Å². The van der Waals surface area contributed by atoms with Gasteiger partial charge >= 0.3 is 0 Å². The Morgan fingerprint density at radius 1 is 0.951 bits per heavy atom. The number of para-hydroxylation sites is 1. The fourth-order valence-electron chi connectivity index (χ4n) is 5.30. The van der Waals surface area contributed by atoms with Gasteiger partial charge in [-0.25, -0.2) is 0 Å². The van der Waals surface area contributed by atoms with E-state index >= 15 is 0 Å². The summed E-state index contributed by atoms with van der Waals surface area (Å²) in [6, 6.07) is 25.5. The van der Waals surface area contributed by atoms with Gasteiger partial charge < -0.3 is 24.6 Å². The van der Waals surface area contributed by atoms with Crippen molar-refractivity contribution in [1.29, 1.82) is 5.26 Å². The maximum Gasteiger partial charge on any atom is 0.260 e. The van der Waals surface area contributed by atoms with Crippen molar-refractivity contribution in [3.8, 4) is 17.6 Å². The standard InChI is InChI=1S/C32H32N4O5/c33-19-23-7-4-9-25(17-23)32(39)35-14-6-13-34-31(38)29-21-36(30(37)22-41-26-10-2-1-3-11-26)20-28(29)24-8-5-12-27(18-24)40-16-15-35/h1-5,7-12,17-18,28-29H,6,13-16,20-22H2,(H,34,38)/t28-,29+/m1/s1. The second-order valence-electron chi connectivity index (χ2n) is 10.2. The summed E-state index contributed by atoms with van der Waals surface area (Å²) in [6.45, 7) is 2.03. The summed E-state index contributed by atoms with van der Waals surface area (Å²) < 4.78 is 11.7. The van der Waals surface area contributed by atoms with E-state index in [1.807, 2.05) is 42.5 Å². The van der Waals surface area contributed by atoms with Crippen molar-refractivity contribution in [3.63, 3.8) is 0 Å². The molecule has 2 aliphatic heterocycles. The Morgan fingerprint density at radius 3 is 2.59 bits per heavy atom. The molecule has 3 aromatic rings. The zero-order valence-corrected chi connectivity index (χ0v) is 22.7. The SMILES string of the molecule is N#Cc1cccc(C(=O)N2CCCNC(=O)[C@H]3CN(C(=O)COc4ccccc4)C[C@@H]3c3cccc(c3)OCC2)c1. The summed E-state index contributed by atoms with van der Waals surface area (Å²) in [6.07, 6.45) is 0.547. The lowest BCUT2D eigenvalue weighted by Crippen LogP contribution is -2.39. The first-order chi connectivity index (χ1) is 20.0. The van der Waals surface area contributed by atoms with Crippen LogP contribution in [-0.4, -0.2) is 73.5 Å². The molecular formula is C32H32N4O5. The number of carbonyl (C=O) groups excluding carboxylic acids is 3. The monoisotopic (exact) mass is 552 g/mol. The first-order valence-electron chi connectivity index (χ1n) is 13.8. The molecule has 5 rings (SSSR count). The Kier molecular flexibility index (Phi) is 8.79. The van der Waals surface area contributed by atoms with Crippen LogP contribution >= 0.6 is 0 Å². The highest BCUT2D eigenvalue weighted by atomic mass is 16.5. The maximum atomic E-state index is 13.4. The predicted octanol–water partition coefficient (Wildman–Crippen LogP) is 3.22. The minimum absolute atomic E-state index is 0.102. The normalized spacial score (nSPS) is 19.1. The molecule has 3 amide bonds. The number of carbonyl (C=O) groups is 3. The van der Waals surface area contributed by atoms with Crippen LogP contribution in [0.1, 0.15) is 33.8 Å². The first-order valence-corrected chi connectivity index (χ1v) is 13.8. The maximum absolute atomic E-state index is 13.4. The van der Waals surface area contributed by atoms with Gasteiger partial charge in [0.25, 0.3) is 11.8 Å². The number of nitrogens with zero attached hydrogens (tertiary/aromatic N) is 3. The van der Waals surface area contributed by atoms with E-state index in [0.717, 1.165) is 5.56 Å². The van der Waals surface area contributed by atoms with E-state index in [-0.39, 0.29) is 36.9 Å². The van der Waals surface area contributed by atoms with E-state index in [4.69, 9.17) is 9.47 Å². The Morgan fingerprint density at radius 2 is 1.76 bits per heavy atom. The van der Waals surface area contributed by atoms with Crippen molar-refractivity contribution < 1.29 is 23.9 Å².